The molecule has 3 aromatic rings. The van der Waals surface area contributed by atoms with E-state index in [2.05, 4.69) is 29.8 Å². The Morgan fingerprint density at radius 2 is 1.87 bits per heavy atom. The molecule has 1 N–H and O–H groups in total. The third kappa shape index (κ3) is 3.08. The number of carbonyl (C=O) groups excluding carboxylic acids is 1. The van der Waals surface area contributed by atoms with E-state index in [0.29, 0.717) is 16.5 Å². The van der Waals surface area contributed by atoms with Crippen molar-refractivity contribution >= 4 is 17.5 Å². The minimum Gasteiger partial charge on any atom is -0.508 e. The van der Waals surface area contributed by atoms with Gasteiger partial charge >= 0.3 is 0 Å². The van der Waals surface area contributed by atoms with Gasteiger partial charge in [0.25, 0.3) is 5.91 Å². The van der Waals surface area contributed by atoms with Gasteiger partial charge in [-0.3, -0.25) is 4.79 Å². The Morgan fingerprint density at radius 1 is 1.13 bits per heavy atom. The zero-order chi connectivity index (χ0) is 21.0. The maximum absolute atomic E-state index is 12.8. The molecule has 1 amide bonds. The number of aromatic nitrogens is 2. The molecular weight excluding hydrogens is 398 g/mol. The van der Waals surface area contributed by atoms with E-state index in [1.54, 1.807) is 6.07 Å². The molecule has 154 valence electrons. The molecule has 5 rings (SSSR count). The number of aromatic hydroxyl groups is 1. The standard InChI is InChI=1S/C24H24ClN3O2/c1-15-5-3-4-6-21(15)28-22(9-16(2)26-28)17-11-24(12-17)13-27(14-24)23(30)19-10-18(29)7-8-20(19)25/h3-10,17,29H,11-14H2,1-2H3. The summed E-state index contributed by atoms with van der Waals surface area (Å²) in [6.45, 7) is 5.63. The number of likely N-dealkylation sites (tertiary alicyclic amines) is 1. The minimum atomic E-state index is -0.106. The molecular formula is C24H24ClN3O2. The van der Waals surface area contributed by atoms with Gasteiger partial charge in [-0.05, 0) is 62.6 Å². The van der Waals surface area contributed by atoms with Gasteiger partial charge in [-0.2, -0.15) is 5.10 Å². The van der Waals surface area contributed by atoms with E-state index >= 15 is 0 Å². The van der Waals surface area contributed by atoms with Gasteiger partial charge in [-0.1, -0.05) is 29.8 Å². The Bertz CT molecular complexity index is 1140. The average molecular weight is 422 g/mol. The van der Waals surface area contributed by atoms with E-state index in [0.717, 1.165) is 37.3 Å². The van der Waals surface area contributed by atoms with Crippen LogP contribution in [-0.4, -0.2) is 38.8 Å². The number of rotatable bonds is 3. The number of nitrogens with zero attached hydrogens (tertiary/aromatic N) is 3. The summed E-state index contributed by atoms with van der Waals surface area (Å²) in [6, 6.07) is 15.0. The van der Waals surface area contributed by atoms with Crippen LogP contribution in [-0.2, 0) is 0 Å². The van der Waals surface area contributed by atoms with Crippen LogP contribution < -0.4 is 0 Å². The highest BCUT2D eigenvalue weighted by Crippen LogP contribution is 2.56. The molecule has 2 fully saturated rings. The Labute approximate surface area is 180 Å². The van der Waals surface area contributed by atoms with Crippen LogP contribution in [0.1, 0.15) is 46.1 Å². The molecule has 0 unspecified atom stereocenters. The molecule has 1 spiro atoms. The predicted molar refractivity (Wildman–Crippen MR) is 116 cm³/mol. The monoisotopic (exact) mass is 421 g/mol. The van der Waals surface area contributed by atoms with Gasteiger partial charge in [-0.15, -0.1) is 0 Å². The lowest BCUT2D eigenvalue weighted by Crippen LogP contribution is -2.63. The maximum atomic E-state index is 12.8. The Kier molecular flexibility index (Phi) is 4.40. The molecule has 5 nitrogen and oxygen atoms in total. The fraction of sp³-hybridized carbons (Fsp3) is 0.333. The largest absolute Gasteiger partial charge is 0.508 e. The number of hydrogen-bond donors (Lipinski definition) is 1. The van der Waals surface area contributed by atoms with Crippen molar-refractivity contribution in [2.75, 3.05) is 13.1 Å². The average Bonchev–Trinajstić information content (AvgIpc) is 3.03. The van der Waals surface area contributed by atoms with E-state index in [1.165, 1.54) is 23.4 Å². The van der Waals surface area contributed by atoms with Crippen LogP contribution in [0, 0.1) is 19.3 Å². The van der Waals surface area contributed by atoms with E-state index in [9.17, 15) is 9.90 Å². The van der Waals surface area contributed by atoms with Gasteiger partial charge in [0.1, 0.15) is 5.75 Å². The second kappa shape index (κ2) is 6.88. The number of halogens is 1. The number of aryl methyl sites for hydroxylation is 2. The molecule has 1 saturated carbocycles. The highest BCUT2D eigenvalue weighted by atomic mass is 35.5. The minimum absolute atomic E-state index is 0.0570. The summed E-state index contributed by atoms with van der Waals surface area (Å²) in [5.41, 5.74) is 5.19. The normalized spacial score (nSPS) is 17.6. The number of carbonyl (C=O) groups is 1. The first kappa shape index (κ1) is 19.2. The fourth-order valence-electron chi connectivity index (χ4n) is 5.01. The number of amides is 1. The van der Waals surface area contributed by atoms with E-state index < -0.39 is 0 Å². The van der Waals surface area contributed by atoms with Crippen LogP contribution in [0.15, 0.2) is 48.5 Å². The first-order chi connectivity index (χ1) is 14.3. The number of benzene rings is 2. The van der Waals surface area contributed by atoms with Crippen molar-refractivity contribution in [3.8, 4) is 11.4 Å². The summed E-state index contributed by atoms with van der Waals surface area (Å²) in [6.07, 6.45) is 2.11. The van der Waals surface area contributed by atoms with Gasteiger partial charge in [-0.25, -0.2) is 4.68 Å². The summed E-state index contributed by atoms with van der Waals surface area (Å²) >= 11 is 6.16. The summed E-state index contributed by atoms with van der Waals surface area (Å²) in [5.74, 6) is 0.403. The topological polar surface area (TPSA) is 58.4 Å². The van der Waals surface area contributed by atoms with Crippen molar-refractivity contribution in [3.63, 3.8) is 0 Å². The van der Waals surface area contributed by atoms with Crippen LogP contribution in [0.25, 0.3) is 5.69 Å². The molecule has 1 aromatic heterocycles. The van der Waals surface area contributed by atoms with Crippen LogP contribution in [0.5, 0.6) is 5.75 Å². The van der Waals surface area contributed by atoms with Crippen LogP contribution in [0.3, 0.4) is 0 Å². The zero-order valence-corrected chi connectivity index (χ0v) is 17.9. The van der Waals surface area contributed by atoms with Gasteiger partial charge in [0, 0.05) is 30.1 Å². The number of phenolic OH excluding ortho intramolecular Hbond substituents is 1. The molecule has 1 aliphatic heterocycles. The van der Waals surface area contributed by atoms with Crippen molar-refractivity contribution in [3.05, 3.63) is 76.1 Å². The van der Waals surface area contributed by atoms with E-state index in [1.807, 2.05) is 24.0 Å². The molecule has 0 atom stereocenters. The summed E-state index contributed by atoms with van der Waals surface area (Å²) in [4.78, 5) is 14.6. The van der Waals surface area contributed by atoms with E-state index in [-0.39, 0.29) is 17.1 Å². The summed E-state index contributed by atoms with van der Waals surface area (Å²) in [7, 11) is 0. The van der Waals surface area contributed by atoms with Crippen LogP contribution in [0.2, 0.25) is 5.02 Å². The predicted octanol–water partition coefficient (Wildman–Crippen LogP) is 4.87. The highest BCUT2D eigenvalue weighted by Gasteiger charge is 2.54. The number of para-hydroxylation sites is 1. The summed E-state index contributed by atoms with van der Waals surface area (Å²) < 4.78 is 2.09. The van der Waals surface area contributed by atoms with E-state index in [4.69, 9.17) is 16.7 Å². The molecule has 1 saturated heterocycles. The Hall–Kier alpha value is -2.79. The molecule has 2 aliphatic rings. The number of phenols is 1. The third-order valence-electron chi connectivity index (χ3n) is 6.50. The molecule has 2 aromatic carbocycles. The van der Waals surface area contributed by atoms with Gasteiger partial charge in [0.2, 0.25) is 0 Å². The lowest BCUT2D eigenvalue weighted by Gasteiger charge is -2.59. The van der Waals surface area contributed by atoms with Crippen LogP contribution in [0.4, 0.5) is 0 Å². The first-order valence-corrected chi connectivity index (χ1v) is 10.6. The highest BCUT2D eigenvalue weighted by molar-refractivity contribution is 6.33. The maximum Gasteiger partial charge on any atom is 0.255 e. The lowest BCUT2D eigenvalue weighted by atomic mass is 9.57. The van der Waals surface area contributed by atoms with Crippen molar-refractivity contribution < 1.29 is 9.90 Å². The molecule has 2 heterocycles. The van der Waals surface area contributed by atoms with Gasteiger partial charge < -0.3 is 10.0 Å². The molecule has 0 bridgehead atoms. The molecule has 0 radical (unpaired) electrons. The quantitative estimate of drug-likeness (QED) is 0.656. The number of hydrogen-bond acceptors (Lipinski definition) is 3. The lowest BCUT2D eigenvalue weighted by molar-refractivity contribution is -0.0565. The van der Waals surface area contributed by atoms with Crippen molar-refractivity contribution in [1.82, 2.24) is 14.7 Å². The second-order valence-electron chi connectivity index (χ2n) is 8.84. The first-order valence-electron chi connectivity index (χ1n) is 10.3. The van der Waals surface area contributed by atoms with Crippen molar-refractivity contribution in [2.45, 2.75) is 32.6 Å². The Morgan fingerprint density at radius 3 is 2.60 bits per heavy atom. The molecule has 6 heteroatoms. The zero-order valence-electron chi connectivity index (χ0n) is 17.1. The van der Waals surface area contributed by atoms with Crippen molar-refractivity contribution in [2.24, 2.45) is 5.41 Å². The summed E-state index contributed by atoms with van der Waals surface area (Å²) in [5, 5.41) is 14.8. The van der Waals surface area contributed by atoms with Gasteiger partial charge in [0.05, 0.1) is 22.0 Å². The van der Waals surface area contributed by atoms with Gasteiger partial charge in [0.15, 0.2) is 0 Å². The SMILES string of the molecule is Cc1cc(C2CC3(C2)CN(C(=O)c2cc(O)ccc2Cl)C3)n(-c2ccccc2C)n1. The third-order valence-corrected chi connectivity index (χ3v) is 6.83. The van der Waals surface area contributed by atoms with Crippen molar-refractivity contribution in [1.29, 1.82) is 0 Å². The molecule has 1 aliphatic carbocycles. The fourth-order valence-corrected chi connectivity index (χ4v) is 5.21. The second-order valence-corrected chi connectivity index (χ2v) is 9.25. The molecule has 30 heavy (non-hydrogen) atoms. The smallest absolute Gasteiger partial charge is 0.255 e. The van der Waals surface area contributed by atoms with Crippen LogP contribution >= 0.6 is 11.6 Å². The Balaban J connectivity index is 1.29.